The van der Waals surface area contributed by atoms with Crippen LogP contribution in [0.4, 0.5) is 0 Å². The zero-order chi connectivity index (χ0) is 17.0. The normalized spacial score (nSPS) is 11.1. The maximum absolute atomic E-state index is 12.4. The quantitative estimate of drug-likeness (QED) is 0.913. The molecule has 0 fully saturated rings. The van der Waals surface area contributed by atoms with E-state index in [9.17, 15) is 13.2 Å². The van der Waals surface area contributed by atoms with Gasteiger partial charge in [-0.2, -0.15) is 0 Å². The van der Waals surface area contributed by atoms with Crippen LogP contribution in [0.25, 0.3) is 0 Å². The van der Waals surface area contributed by atoms with Crippen LogP contribution in [0.15, 0.2) is 47.4 Å². The Bertz CT molecular complexity index is 828. The topological polar surface area (TPSA) is 72.5 Å². The van der Waals surface area contributed by atoms with Crippen LogP contribution in [-0.2, 0) is 10.0 Å². The third kappa shape index (κ3) is 4.10. The fourth-order valence-electron chi connectivity index (χ4n) is 2.23. The second kappa shape index (κ2) is 6.83. The summed E-state index contributed by atoms with van der Waals surface area (Å²) in [5.74, 6) is -0.171. The van der Waals surface area contributed by atoms with Gasteiger partial charge in [0.25, 0.3) is 15.9 Å². The maximum Gasteiger partial charge on any atom is 0.265 e. The Morgan fingerprint density at radius 2 is 1.87 bits per heavy atom. The summed E-state index contributed by atoms with van der Waals surface area (Å²) in [5, 5.41) is 0. The van der Waals surface area contributed by atoms with Gasteiger partial charge in [0.05, 0.1) is 11.5 Å². The zero-order valence-electron chi connectivity index (χ0n) is 13.3. The van der Waals surface area contributed by atoms with Crippen LogP contribution in [-0.4, -0.2) is 20.9 Å². The summed E-state index contributed by atoms with van der Waals surface area (Å²) in [7, 11) is -3.92. The first-order valence-electron chi connectivity index (χ1n) is 7.21. The number of amides is 1. The van der Waals surface area contributed by atoms with Gasteiger partial charge in [-0.25, -0.2) is 13.1 Å². The molecule has 0 bridgehead atoms. The van der Waals surface area contributed by atoms with Gasteiger partial charge in [0.15, 0.2) is 0 Å². The molecule has 23 heavy (non-hydrogen) atoms. The Morgan fingerprint density at radius 3 is 2.52 bits per heavy atom. The lowest BCUT2D eigenvalue weighted by molar-refractivity contribution is 0.0981. The van der Waals surface area contributed by atoms with Crippen LogP contribution in [0.1, 0.15) is 28.4 Å². The number of hydrogen-bond donors (Lipinski definition) is 1. The average Bonchev–Trinajstić information content (AvgIpc) is 2.47. The highest BCUT2D eigenvalue weighted by Gasteiger charge is 2.20. The summed E-state index contributed by atoms with van der Waals surface area (Å²) in [6, 6.07) is 11.3. The van der Waals surface area contributed by atoms with Gasteiger partial charge in [-0.05, 0) is 50.6 Å². The molecule has 2 aromatic rings. The molecule has 6 heteroatoms. The molecule has 2 rings (SSSR count). The van der Waals surface area contributed by atoms with Crippen molar-refractivity contribution in [2.24, 2.45) is 0 Å². The monoisotopic (exact) mass is 333 g/mol. The molecule has 0 aliphatic rings. The number of ether oxygens (including phenoxy) is 1. The standard InChI is InChI=1S/C17H19NO4S/c1-4-22-15-7-5-6-14(11-15)17(19)18-23(20,21)16-9-8-12(2)10-13(16)3/h5-11H,4H2,1-3H3,(H,18,19). The summed E-state index contributed by atoms with van der Waals surface area (Å²) in [4.78, 5) is 12.3. The van der Waals surface area contributed by atoms with Crippen LogP contribution >= 0.6 is 0 Å². The van der Waals surface area contributed by atoms with Crippen LogP contribution < -0.4 is 9.46 Å². The summed E-state index contributed by atoms with van der Waals surface area (Å²) in [6.45, 7) is 5.87. The summed E-state index contributed by atoms with van der Waals surface area (Å²) in [5.41, 5.74) is 1.77. The van der Waals surface area contributed by atoms with E-state index in [1.54, 1.807) is 31.2 Å². The van der Waals surface area contributed by atoms with Gasteiger partial charge in [-0.3, -0.25) is 4.79 Å². The Hall–Kier alpha value is -2.34. The van der Waals surface area contributed by atoms with Crippen molar-refractivity contribution in [2.75, 3.05) is 6.61 Å². The number of benzene rings is 2. The summed E-state index contributed by atoms with van der Waals surface area (Å²) in [6.07, 6.45) is 0. The lowest BCUT2D eigenvalue weighted by Gasteiger charge is -2.11. The largest absolute Gasteiger partial charge is 0.494 e. The van der Waals surface area contributed by atoms with E-state index in [1.165, 1.54) is 18.2 Å². The Morgan fingerprint density at radius 1 is 1.13 bits per heavy atom. The van der Waals surface area contributed by atoms with E-state index in [1.807, 2.05) is 13.8 Å². The molecule has 0 radical (unpaired) electrons. The second-order valence-electron chi connectivity index (χ2n) is 5.16. The summed E-state index contributed by atoms with van der Waals surface area (Å²) >= 11 is 0. The number of carbonyl (C=O) groups is 1. The zero-order valence-corrected chi connectivity index (χ0v) is 14.1. The first-order valence-corrected chi connectivity index (χ1v) is 8.69. The van der Waals surface area contributed by atoms with Gasteiger partial charge < -0.3 is 4.74 Å². The molecule has 0 aliphatic carbocycles. The lowest BCUT2D eigenvalue weighted by Crippen LogP contribution is -2.31. The van der Waals surface area contributed by atoms with Crippen LogP contribution in [0.3, 0.4) is 0 Å². The molecule has 0 saturated heterocycles. The fourth-order valence-corrected chi connectivity index (χ4v) is 3.43. The van der Waals surface area contributed by atoms with Gasteiger partial charge >= 0.3 is 0 Å². The molecular weight excluding hydrogens is 314 g/mol. The molecule has 1 amide bonds. The third-order valence-electron chi connectivity index (χ3n) is 3.25. The smallest absolute Gasteiger partial charge is 0.265 e. The number of aryl methyl sites for hydroxylation is 2. The van der Waals surface area contributed by atoms with Gasteiger partial charge in [-0.1, -0.05) is 23.8 Å². The first-order chi connectivity index (χ1) is 10.8. The number of rotatable bonds is 5. The van der Waals surface area contributed by atoms with E-state index < -0.39 is 15.9 Å². The summed E-state index contributed by atoms with van der Waals surface area (Å²) < 4.78 is 32.2. The SMILES string of the molecule is CCOc1cccc(C(=O)NS(=O)(=O)c2ccc(C)cc2C)c1. The van der Waals surface area contributed by atoms with Crippen molar-refractivity contribution >= 4 is 15.9 Å². The van der Waals surface area contributed by atoms with Gasteiger partial charge in [0.1, 0.15) is 5.75 Å². The fraction of sp³-hybridized carbons (Fsp3) is 0.235. The van der Waals surface area contributed by atoms with E-state index in [0.29, 0.717) is 17.9 Å². The first kappa shape index (κ1) is 17.0. The van der Waals surface area contributed by atoms with Crippen molar-refractivity contribution in [3.63, 3.8) is 0 Å². The molecule has 0 unspecified atom stereocenters. The van der Waals surface area contributed by atoms with Crippen molar-refractivity contribution < 1.29 is 17.9 Å². The lowest BCUT2D eigenvalue weighted by atomic mass is 10.2. The number of sulfonamides is 1. The number of nitrogens with one attached hydrogen (secondary N) is 1. The van der Waals surface area contributed by atoms with E-state index in [-0.39, 0.29) is 10.5 Å². The predicted octanol–water partition coefficient (Wildman–Crippen LogP) is 2.82. The van der Waals surface area contributed by atoms with Crippen molar-refractivity contribution in [2.45, 2.75) is 25.7 Å². The van der Waals surface area contributed by atoms with E-state index in [0.717, 1.165) is 5.56 Å². The van der Waals surface area contributed by atoms with Crippen LogP contribution in [0, 0.1) is 13.8 Å². The molecule has 0 aromatic heterocycles. The number of carbonyl (C=O) groups excluding carboxylic acids is 1. The van der Waals surface area contributed by atoms with Crippen LogP contribution in [0.5, 0.6) is 5.75 Å². The molecule has 0 spiro atoms. The van der Waals surface area contributed by atoms with Crippen LogP contribution in [0.2, 0.25) is 0 Å². The predicted molar refractivity (Wildman–Crippen MR) is 88.2 cm³/mol. The molecule has 2 aromatic carbocycles. The highest BCUT2D eigenvalue weighted by atomic mass is 32.2. The van der Waals surface area contributed by atoms with E-state index in [2.05, 4.69) is 4.72 Å². The van der Waals surface area contributed by atoms with Gasteiger partial charge in [0.2, 0.25) is 0 Å². The number of hydrogen-bond acceptors (Lipinski definition) is 4. The van der Waals surface area contributed by atoms with Crippen molar-refractivity contribution in [1.82, 2.24) is 4.72 Å². The highest BCUT2D eigenvalue weighted by Crippen LogP contribution is 2.18. The third-order valence-corrected chi connectivity index (χ3v) is 4.75. The van der Waals surface area contributed by atoms with Crippen molar-refractivity contribution in [3.8, 4) is 5.75 Å². The molecule has 0 aliphatic heterocycles. The molecule has 5 nitrogen and oxygen atoms in total. The molecule has 0 heterocycles. The van der Waals surface area contributed by atoms with Gasteiger partial charge in [-0.15, -0.1) is 0 Å². The molecule has 1 N–H and O–H groups in total. The van der Waals surface area contributed by atoms with Crippen molar-refractivity contribution in [3.05, 3.63) is 59.2 Å². The second-order valence-corrected chi connectivity index (χ2v) is 6.82. The van der Waals surface area contributed by atoms with E-state index >= 15 is 0 Å². The van der Waals surface area contributed by atoms with Crippen molar-refractivity contribution in [1.29, 1.82) is 0 Å². The highest BCUT2D eigenvalue weighted by molar-refractivity contribution is 7.90. The minimum Gasteiger partial charge on any atom is -0.494 e. The molecular formula is C17H19NO4S. The van der Waals surface area contributed by atoms with E-state index in [4.69, 9.17) is 4.74 Å². The molecule has 0 saturated carbocycles. The molecule has 122 valence electrons. The Labute approximate surface area is 136 Å². The molecule has 0 atom stereocenters. The Balaban J connectivity index is 2.26. The maximum atomic E-state index is 12.4. The average molecular weight is 333 g/mol. The minimum atomic E-state index is -3.92. The minimum absolute atomic E-state index is 0.0948. The van der Waals surface area contributed by atoms with Gasteiger partial charge in [0, 0.05) is 5.56 Å². The Kier molecular flexibility index (Phi) is 5.05.